The van der Waals surface area contributed by atoms with Crippen molar-refractivity contribution >= 4 is 27.3 Å². The monoisotopic (exact) mass is 358 g/mol. The fourth-order valence-corrected chi connectivity index (χ4v) is 4.83. The van der Waals surface area contributed by atoms with Gasteiger partial charge >= 0.3 is 0 Å². The Morgan fingerprint density at radius 1 is 1.08 bits per heavy atom. The van der Waals surface area contributed by atoms with Crippen LogP contribution < -0.4 is 9.21 Å². The molecule has 1 aliphatic heterocycles. The van der Waals surface area contributed by atoms with Gasteiger partial charge in [-0.25, -0.2) is 8.42 Å². The maximum absolute atomic E-state index is 12.6. The van der Waals surface area contributed by atoms with E-state index in [4.69, 9.17) is 0 Å². The molecule has 1 heterocycles. The average molecular weight is 358 g/mol. The van der Waals surface area contributed by atoms with E-state index in [2.05, 4.69) is 0 Å². The average Bonchev–Trinajstić information content (AvgIpc) is 2.54. The largest absolute Gasteiger partial charge is 0.309 e. The minimum atomic E-state index is -3.49. The van der Waals surface area contributed by atoms with Crippen molar-refractivity contribution in [2.24, 2.45) is 0 Å². The molecule has 0 saturated carbocycles. The molecule has 0 radical (unpaired) electrons. The number of nitrogens with zero attached hydrogens (tertiary/aromatic N) is 2. The van der Waals surface area contributed by atoms with E-state index in [9.17, 15) is 13.2 Å². The van der Waals surface area contributed by atoms with Crippen LogP contribution in [0.3, 0.4) is 0 Å². The minimum absolute atomic E-state index is 0.0379. The number of fused-ring (bicyclic) bond motifs is 1. The number of anilines is 2. The molecule has 1 aliphatic rings. The van der Waals surface area contributed by atoms with Crippen LogP contribution in [0.2, 0.25) is 0 Å². The van der Waals surface area contributed by atoms with Crippen LogP contribution >= 0.6 is 0 Å². The summed E-state index contributed by atoms with van der Waals surface area (Å²) in [5.74, 6) is -0.0379. The highest BCUT2D eigenvalue weighted by Gasteiger charge is 2.38. The number of carbonyl (C=O) groups excluding carboxylic acids is 1. The lowest BCUT2D eigenvalue weighted by Crippen LogP contribution is -2.46. The Labute approximate surface area is 148 Å². The first-order chi connectivity index (χ1) is 11.8. The molecule has 3 rings (SSSR count). The summed E-state index contributed by atoms with van der Waals surface area (Å²) in [7, 11) is -3.49. The second kappa shape index (κ2) is 6.52. The van der Waals surface area contributed by atoms with Gasteiger partial charge in [-0.2, -0.15) is 0 Å². The number of benzene rings is 2. The van der Waals surface area contributed by atoms with Gasteiger partial charge in [0.1, 0.15) is 0 Å². The Balaban J connectivity index is 2.18. The SMILES string of the molecule is CC(=O)N1c2ccccc2[C@H](N(c2ccccc2)S(C)(=O)=O)C[C@@H]1C. The number of sulfonamides is 1. The first-order valence-electron chi connectivity index (χ1n) is 8.24. The third-order valence-corrected chi connectivity index (χ3v) is 5.73. The molecular formula is C19H22N2O3S. The predicted molar refractivity (Wildman–Crippen MR) is 100 cm³/mol. The molecule has 5 nitrogen and oxygen atoms in total. The molecule has 132 valence electrons. The molecule has 0 bridgehead atoms. The molecule has 0 aliphatic carbocycles. The Hall–Kier alpha value is -2.34. The summed E-state index contributed by atoms with van der Waals surface area (Å²) in [5, 5.41) is 0. The standard InChI is InChI=1S/C19H22N2O3S/c1-14-13-19(17-11-7-8-12-18(17)20(14)15(2)22)21(25(3,23)24)16-9-5-4-6-10-16/h4-12,14,19H,13H2,1-3H3/t14-,19+/m0/s1. The zero-order chi connectivity index (χ0) is 18.2. The van der Waals surface area contributed by atoms with Gasteiger partial charge in [-0.1, -0.05) is 36.4 Å². The van der Waals surface area contributed by atoms with Crippen LogP contribution in [0.1, 0.15) is 31.9 Å². The summed E-state index contributed by atoms with van der Waals surface area (Å²) in [6.07, 6.45) is 1.77. The lowest BCUT2D eigenvalue weighted by atomic mass is 9.91. The van der Waals surface area contributed by atoms with Crippen molar-refractivity contribution in [3.63, 3.8) is 0 Å². The van der Waals surface area contributed by atoms with Crippen molar-refractivity contribution < 1.29 is 13.2 Å². The molecule has 1 amide bonds. The highest BCUT2D eigenvalue weighted by molar-refractivity contribution is 7.92. The highest BCUT2D eigenvalue weighted by Crippen LogP contribution is 2.42. The van der Waals surface area contributed by atoms with Crippen LogP contribution in [0.4, 0.5) is 11.4 Å². The van der Waals surface area contributed by atoms with Crippen LogP contribution in [0.15, 0.2) is 54.6 Å². The van der Waals surface area contributed by atoms with Crippen LogP contribution in [0, 0.1) is 0 Å². The first-order valence-corrected chi connectivity index (χ1v) is 10.1. The van der Waals surface area contributed by atoms with E-state index in [1.807, 2.05) is 49.4 Å². The quantitative estimate of drug-likeness (QED) is 0.845. The van der Waals surface area contributed by atoms with E-state index in [-0.39, 0.29) is 18.0 Å². The van der Waals surface area contributed by atoms with Crippen LogP contribution in [0.25, 0.3) is 0 Å². The summed E-state index contributed by atoms with van der Waals surface area (Å²) >= 11 is 0. The van der Waals surface area contributed by atoms with E-state index < -0.39 is 10.0 Å². The topological polar surface area (TPSA) is 57.7 Å². The summed E-state index contributed by atoms with van der Waals surface area (Å²) in [5.41, 5.74) is 2.27. The fraction of sp³-hybridized carbons (Fsp3) is 0.316. The van der Waals surface area contributed by atoms with E-state index in [1.165, 1.54) is 10.6 Å². The van der Waals surface area contributed by atoms with Crippen molar-refractivity contribution in [2.45, 2.75) is 32.4 Å². The second-order valence-electron chi connectivity index (χ2n) is 6.44. The van der Waals surface area contributed by atoms with Gasteiger partial charge in [-0.3, -0.25) is 9.10 Å². The number of carbonyl (C=O) groups is 1. The van der Waals surface area contributed by atoms with Crippen molar-refractivity contribution in [3.05, 3.63) is 60.2 Å². The summed E-state index contributed by atoms with van der Waals surface area (Å²) in [6, 6.07) is 16.2. The third-order valence-electron chi connectivity index (χ3n) is 4.55. The van der Waals surface area contributed by atoms with E-state index in [0.29, 0.717) is 12.1 Å². The molecule has 0 unspecified atom stereocenters. The molecule has 0 saturated heterocycles. The van der Waals surface area contributed by atoms with Gasteiger partial charge in [-0.05, 0) is 37.1 Å². The van der Waals surface area contributed by atoms with Crippen molar-refractivity contribution in [2.75, 3.05) is 15.5 Å². The third kappa shape index (κ3) is 3.26. The molecule has 2 aromatic rings. The van der Waals surface area contributed by atoms with E-state index in [0.717, 1.165) is 11.3 Å². The Morgan fingerprint density at radius 3 is 2.28 bits per heavy atom. The van der Waals surface area contributed by atoms with Crippen molar-refractivity contribution in [1.82, 2.24) is 0 Å². The van der Waals surface area contributed by atoms with Crippen LogP contribution in [-0.4, -0.2) is 26.6 Å². The molecule has 6 heteroatoms. The van der Waals surface area contributed by atoms with Gasteiger partial charge in [-0.15, -0.1) is 0 Å². The first kappa shape index (κ1) is 17.5. The van der Waals surface area contributed by atoms with Gasteiger partial charge < -0.3 is 4.90 Å². The van der Waals surface area contributed by atoms with E-state index in [1.54, 1.807) is 24.0 Å². The smallest absolute Gasteiger partial charge is 0.232 e. The summed E-state index contributed by atoms with van der Waals surface area (Å²) in [6.45, 7) is 3.49. The number of hydrogen-bond acceptors (Lipinski definition) is 3. The van der Waals surface area contributed by atoms with Crippen LogP contribution in [0.5, 0.6) is 0 Å². The lowest BCUT2D eigenvalue weighted by molar-refractivity contribution is -0.117. The van der Waals surface area contributed by atoms with E-state index >= 15 is 0 Å². The van der Waals surface area contributed by atoms with Crippen molar-refractivity contribution in [1.29, 1.82) is 0 Å². The molecule has 0 N–H and O–H groups in total. The molecule has 25 heavy (non-hydrogen) atoms. The zero-order valence-electron chi connectivity index (χ0n) is 14.6. The lowest BCUT2D eigenvalue weighted by Gasteiger charge is -2.43. The molecule has 0 fully saturated rings. The number of amides is 1. The Kier molecular flexibility index (Phi) is 4.56. The van der Waals surface area contributed by atoms with Gasteiger partial charge in [0.15, 0.2) is 0 Å². The fourth-order valence-electron chi connectivity index (χ4n) is 3.66. The summed E-state index contributed by atoms with van der Waals surface area (Å²) in [4.78, 5) is 13.9. The second-order valence-corrected chi connectivity index (χ2v) is 8.30. The molecule has 2 atom stereocenters. The molecule has 0 aromatic heterocycles. The number of para-hydroxylation sites is 2. The van der Waals surface area contributed by atoms with Gasteiger partial charge in [0.05, 0.1) is 18.0 Å². The Bertz CT molecular complexity index is 881. The molecule has 2 aromatic carbocycles. The van der Waals surface area contributed by atoms with Gasteiger partial charge in [0.25, 0.3) is 0 Å². The van der Waals surface area contributed by atoms with Gasteiger partial charge in [0.2, 0.25) is 15.9 Å². The normalized spacial score (nSPS) is 20.0. The zero-order valence-corrected chi connectivity index (χ0v) is 15.4. The molecular weight excluding hydrogens is 336 g/mol. The number of hydrogen-bond donors (Lipinski definition) is 0. The van der Waals surface area contributed by atoms with Crippen LogP contribution in [-0.2, 0) is 14.8 Å². The maximum Gasteiger partial charge on any atom is 0.232 e. The summed E-state index contributed by atoms with van der Waals surface area (Å²) < 4.78 is 26.7. The molecule has 0 spiro atoms. The van der Waals surface area contributed by atoms with Gasteiger partial charge in [0, 0.05) is 18.7 Å². The minimum Gasteiger partial charge on any atom is -0.309 e. The highest BCUT2D eigenvalue weighted by atomic mass is 32.2. The predicted octanol–water partition coefficient (Wildman–Crippen LogP) is 3.34. The Morgan fingerprint density at radius 2 is 1.68 bits per heavy atom. The maximum atomic E-state index is 12.6. The van der Waals surface area contributed by atoms with Crippen molar-refractivity contribution in [3.8, 4) is 0 Å². The number of rotatable bonds is 3.